The summed E-state index contributed by atoms with van der Waals surface area (Å²) in [4.78, 5) is 2.11. The molecule has 116 valence electrons. The van der Waals surface area contributed by atoms with Gasteiger partial charge in [-0.2, -0.15) is 4.57 Å². The molecule has 0 bridgehead atoms. The van der Waals surface area contributed by atoms with E-state index in [0.717, 1.165) is 24.5 Å². The minimum atomic E-state index is 0.722. The fraction of sp³-hybridized carbons (Fsp3) is 0.211. The molecule has 4 heteroatoms. The first kappa shape index (κ1) is 14.3. The molecule has 0 unspecified atom stereocenters. The van der Waals surface area contributed by atoms with Crippen molar-refractivity contribution >= 4 is 39.1 Å². The number of hydrogen-bond donors (Lipinski definition) is 0. The Hall–Kier alpha value is -2.33. The zero-order valence-electron chi connectivity index (χ0n) is 13.3. The van der Waals surface area contributed by atoms with E-state index in [1.54, 1.807) is 11.3 Å². The third-order valence-corrected chi connectivity index (χ3v) is 5.28. The third-order valence-electron chi connectivity index (χ3n) is 4.10. The Morgan fingerprint density at radius 3 is 2.65 bits per heavy atom. The molecule has 0 fully saturated rings. The highest BCUT2D eigenvalue weighted by molar-refractivity contribution is 7.19. The minimum absolute atomic E-state index is 0.722. The minimum Gasteiger partial charge on any atom is -0.480 e. The molecule has 3 aromatic rings. The van der Waals surface area contributed by atoms with E-state index in [9.17, 15) is 0 Å². The lowest BCUT2D eigenvalue weighted by molar-refractivity contribution is -0.676. The summed E-state index contributed by atoms with van der Waals surface area (Å²) in [6, 6.07) is 17.1. The van der Waals surface area contributed by atoms with Crippen molar-refractivity contribution in [3.8, 4) is 0 Å². The Morgan fingerprint density at radius 1 is 1.09 bits per heavy atom. The molecule has 0 atom stereocenters. The summed E-state index contributed by atoms with van der Waals surface area (Å²) in [5.74, 6) is 0.968. The lowest BCUT2D eigenvalue weighted by Gasteiger charge is -2.13. The maximum Gasteiger partial charge on any atom is 0.305 e. The van der Waals surface area contributed by atoms with Crippen molar-refractivity contribution < 1.29 is 9.30 Å². The molecule has 1 aliphatic heterocycles. The second-order valence-corrected chi connectivity index (χ2v) is 6.90. The summed E-state index contributed by atoms with van der Waals surface area (Å²) in [5, 5.41) is 1.20. The van der Waals surface area contributed by atoms with Crippen LogP contribution in [0, 0.1) is 0 Å². The van der Waals surface area contributed by atoms with Crippen LogP contribution in [0.3, 0.4) is 0 Å². The van der Waals surface area contributed by atoms with E-state index < -0.39 is 0 Å². The lowest BCUT2D eigenvalue weighted by atomic mass is 10.1. The smallest absolute Gasteiger partial charge is 0.305 e. The molecule has 2 aromatic carbocycles. The van der Waals surface area contributed by atoms with Crippen molar-refractivity contribution in [2.45, 2.75) is 6.54 Å². The van der Waals surface area contributed by atoms with Crippen molar-refractivity contribution in [1.29, 1.82) is 0 Å². The maximum atomic E-state index is 5.96. The van der Waals surface area contributed by atoms with Gasteiger partial charge >= 0.3 is 5.01 Å². The first-order chi connectivity index (χ1) is 11.2. The van der Waals surface area contributed by atoms with Crippen LogP contribution in [0.4, 0.5) is 5.69 Å². The number of fused-ring (bicyclic) bond motifs is 3. The predicted molar refractivity (Wildman–Crippen MR) is 96.6 cm³/mol. The van der Waals surface area contributed by atoms with Crippen molar-refractivity contribution in [2.24, 2.45) is 0 Å². The van der Waals surface area contributed by atoms with Crippen molar-refractivity contribution in [3.63, 3.8) is 0 Å². The molecule has 4 rings (SSSR count). The Morgan fingerprint density at radius 2 is 1.87 bits per heavy atom. The number of benzene rings is 2. The van der Waals surface area contributed by atoms with Crippen molar-refractivity contribution in [3.05, 3.63) is 59.1 Å². The molecule has 0 spiro atoms. The summed E-state index contributed by atoms with van der Waals surface area (Å²) in [6.45, 7) is 1.64. The van der Waals surface area contributed by atoms with E-state index in [1.165, 1.54) is 20.9 Å². The summed E-state index contributed by atoms with van der Waals surface area (Å²) >= 11 is 1.80. The van der Waals surface area contributed by atoms with Crippen molar-refractivity contribution in [2.75, 3.05) is 25.6 Å². The molecule has 2 heterocycles. The van der Waals surface area contributed by atoms with Crippen LogP contribution in [0.2, 0.25) is 0 Å². The molecular formula is C19H19N2OS+. The van der Waals surface area contributed by atoms with Crippen LogP contribution in [0.15, 0.2) is 48.5 Å². The number of rotatable bonds is 2. The van der Waals surface area contributed by atoms with Crippen molar-refractivity contribution in [1.82, 2.24) is 0 Å². The summed E-state index contributed by atoms with van der Waals surface area (Å²) in [6.07, 6.45) is 2.14. The van der Waals surface area contributed by atoms with E-state index in [2.05, 4.69) is 78.2 Å². The zero-order valence-corrected chi connectivity index (χ0v) is 14.1. The monoisotopic (exact) mass is 323 g/mol. The fourth-order valence-corrected chi connectivity index (χ4v) is 4.03. The SMILES string of the molecule is CN(C)c1ccc(/C=C2\OCC[n+]3c2sc2ccccc23)cc1. The Balaban J connectivity index is 1.76. The van der Waals surface area contributed by atoms with Gasteiger partial charge in [-0.25, -0.2) is 0 Å². The van der Waals surface area contributed by atoms with Crippen LogP contribution >= 0.6 is 11.3 Å². The summed E-state index contributed by atoms with van der Waals surface area (Å²) in [7, 11) is 4.11. The second-order valence-electron chi connectivity index (χ2n) is 5.87. The lowest BCUT2D eigenvalue weighted by Crippen LogP contribution is -2.41. The molecule has 23 heavy (non-hydrogen) atoms. The molecule has 0 N–H and O–H groups in total. The molecular weight excluding hydrogens is 304 g/mol. The topological polar surface area (TPSA) is 16.4 Å². The average molecular weight is 323 g/mol. The number of thiazole rings is 1. The van der Waals surface area contributed by atoms with Gasteiger partial charge in [0.1, 0.15) is 11.3 Å². The van der Waals surface area contributed by atoms with Gasteiger partial charge in [0.2, 0.25) is 11.3 Å². The van der Waals surface area contributed by atoms with Gasteiger partial charge in [0.15, 0.2) is 6.54 Å². The van der Waals surface area contributed by atoms with Gasteiger partial charge in [0.25, 0.3) is 0 Å². The van der Waals surface area contributed by atoms with Gasteiger partial charge in [-0.05, 0) is 29.8 Å². The first-order valence-corrected chi connectivity index (χ1v) is 8.58. The quantitative estimate of drug-likeness (QED) is 0.667. The van der Waals surface area contributed by atoms with Gasteiger partial charge in [-0.1, -0.05) is 35.6 Å². The van der Waals surface area contributed by atoms with Gasteiger partial charge in [0.05, 0.1) is 0 Å². The highest BCUT2D eigenvalue weighted by atomic mass is 32.1. The molecule has 0 aliphatic carbocycles. The highest BCUT2D eigenvalue weighted by Crippen LogP contribution is 2.30. The van der Waals surface area contributed by atoms with E-state index in [-0.39, 0.29) is 0 Å². The summed E-state index contributed by atoms with van der Waals surface area (Å²) < 4.78 is 9.63. The Labute approximate surface area is 140 Å². The number of aromatic nitrogens is 1. The first-order valence-electron chi connectivity index (χ1n) is 7.76. The van der Waals surface area contributed by atoms with E-state index in [1.807, 2.05) is 0 Å². The summed E-state index contributed by atoms with van der Waals surface area (Å²) in [5.41, 5.74) is 3.66. The van der Waals surface area contributed by atoms with Crippen LogP contribution in [0.5, 0.6) is 0 Å². The third kappa shape index (κ3) is 2.59. The van der Waals surface area contributed by atoms with Crippen LogP contribution in [-0.4, -0.2) is 20.7 Å². The number of para-hydroxylation sites is 1. The van der Waals surface area contributed by atoms with Crippen LogP contribution in [-0.2, 0) is 11.3 Å². The molecule has 0 saturated carbocycles. The van der Waals surface area contributed by atoms with E-state index in [4.69, 9.17) is 4.74 Å². The van der Waals surface area contributed by atoms with Gasteiger partial charge in [0, 0.05) is 25.8 Å². The molecule has 0 saturated heterocycles. The number of anilines is 1. The molecule has 3 nitrogen and oxygen atoms in total. The number of nitrogens with zero attached hydrogens (tertiary/aromatic N) is 2. The number of hydrogen-bond acceptors (Lipinski definition) is 3. The van der Waals surface area contributed by atoms with E-state index in [0.29, 0.717) is 0 Å². The molecule has 1 aliphatic rings. The van der Waals surface area contributed by atoms with Gasteiger partial charge < -0.3 is 9.64 Å². The zero-order chi connectivity index (χ0) is 15.8. The fourth-order valence-electron chi connectivity index (χ4n) is 2.87. The normalized spacial score (nSPS) is 15.5. The van der Waals surface area contributed by atoms with E-state index >= 15 is 0 Å². The predicted octanol–water partition coefficient (Wildman–Crippen LogP) is 3.78. The molecule has 0 amide bonds. The van der Waals surface area contributed by atoms with Crippen LogP contribution in [0.25, 0.3) is 22.1 Å². The molecule has 1 aromatic heterocycles. The number of ether oxygens (including phenoxy) is 1. The highest BCUT2D eigenvalue weighted by Gasteiger charge is 2.28. The van der Waals surface area contributed by atoms with Gasteiger partial charge in [-0.15, -0.1) is 0 Å². The second kappa shape index (κ2) is 5.70. The Bertz CT molecular complexity index is 878. The average Bonchev–Trinajstić information content (AvgIpc) is 2.95. The van der Waals surface area contributed by atoms with Crippen LogP contribution < -0.4 is 9.47 Å². The maximum absolute atomic E-state index is 5.96. The van der Waals surface area contributed by atoms with Crippen LogP contribution in [0.1, 0.15) is 10.6 Å². The standard InChI is InChI=1S/C19H19N2OS/c1-20(2)15-9-7-14(8-10-15)13-17-19-21(11-12-22-17)16-5-3-4-6-18(16)23-19/h3-10,13H,11-12H2,1-2H3/q+1. The molecule has 0 radical (unpaired) electrons. The van der Waals surface area contributed by atoms with Gasteiger partial charge in [-0.3, -0.25) is 0 Å². The Kier molecular flexibility index (Phi) is 3.54. The largest absolute Gasteiger partial charge is 0.480 e.